The van der Waals surface area contributed by atoms with Crippen molar-refractivity contribution < 1.29 is 18.3 Å². The van der Waals surface area contributed by atoms with Crippen molar-refractivity contribution in [3.63, 3.8) is 0 Å². The second kappa shape index (κ2) is 6.53. The van der Waals surface area contributed by atoms with E-state index in [1.165, 1.54) is 0 Å². The molecule has 1 aliphatic heterocycles. The number of pyridine rings is 1. The molecule has 0 amide bonds. The number of hydrogen-bond acceptors (Lipinski definition) is 6. The van der Waals surface area contributed by atoms with Gasteiger partial charge in [-0.2, -0.15) is 13.8 Å². The molecule has 4 N–H and O–H groups in total. The second-order valence-electron chi connectivity index (χ2n) is 8.74. The number of ether oxygens (including phenoxy) is 2. The van der Waals surface area contributed by atoms with Gasteiger partial charge >= 0.3 is 6.61 Å². The number of rotatable bonds is 4. The number of anilines is 1. The van der Waals surface area contributed by atoms with E-state index < -0.39 is 12.2 Å². The lowest BCUT2D eigenvalue weighted by Gasteiger charge is -2.61. The first-order chi connectivity index (χ1) is 12.7. The van der Waals surface area contributed by atoms with Crippen molar-refractivity contribution in [1.29, 1.82) is 0 Å². The van der Waals surface area contributed by atoms with Crippen LogP contribution in [-0.2, 0) is 10.3 Å². The summed E-state index contributed by atoms with van der Waals surface area (Å²) in [4.78, 5) is 6.46. The predicted molar refractivity (Wildman–Crippen MR) is 97.8 cm³/mol. The van der Waals surface area contributed by atoms with E-state index in [1.54, 1.807) is 6.07 Å². The predicted octanol–water partition coefficient (Wildman–Crippen LogP) is 2.35. The van der Waals surface area contributed by atoms with Crippen LogP contribution in [0.5, 0.6) is 5.88 Å². The van der Waals surface area contributed by atoms with Crippen LogP contribution in [0.25, 0.3) is 0 Å². The van der Waals surface area contributed by atoms with E-state index in [2.05, 4.69) is 4.98 Å². The molecular weight excluding hydrogens is 354 g/mol. The van der Waals surface area contributed by atoms with Crippen LogP contribution < -0.4 is 21.1 Å². The van der Waals surface area contributed by atoms with Crippen LogP contribution in [0.15, 0.2) is 12.1 Å². The number of nitrogens with zero attached hydrogens (tertiary/aromatic N) is 2. The molecular formula is C19H28F2N4O2. The molecule has 0 radical (unpaired) electrons. The van der Waals surface area contributed by atoms with Crippen molar-refractivity contribution in [3.8, 4) is 5.88 Å². The Balaban J connectivity index is 1.59. The molecule has 0 aromatic carbocycles. The van der Waals surface area contributed by atoms with E-state index >= 15 is 0 Å². The van der Waals surface area contributed by atoms with Gasteiger partial charge in [-0.25, -0.2) is 0 Å². The van der Waals surface area contributed by atoms with Gasteiger partial charge in [0.1, 0.15) is 5.82 Å². The standard InChI is InChI=1S/C19H28F2N4O2/c1-11-7-25(8-12(2)26-11)15-4-3-14(16(24-15)27-17(20)21)19(23)9-18(10-19)5-13(22)6-18/h3-4,11-13,17H,5-10,22-23H2,1-2H3/t11-,12+,13?,18?,19?. The van der Waals surface area contributed by atoms with E-state index in [1.807, 2.05) is 24.8 Å². The molecule has 27 heavy (non-hydrogen) atoms. The maximum atomic E-state index is 13.0. The molecule has 6 nitrogen and oxygen atoms in total. The third-order valence-electron chi connectivity index (χ3n) is 6.10. The monoisotopic (exact) mass is 382 g/mol. The fourth-order valence-electron chi connectivity index (χ4n) is 5.34. The molecule has 1 aromatic heterocycles. The second-order valence-corrected chi connectivity index (χ2v) is 8.74. The van der Waals surface area contributed by atoms with Crippen LogP contribution in [0.1, 0.15) is 45.1 Å². The summed E-state index contributed by atoms with van der Waals surface area (Å²) in [7, 11) is 0. The highest BCUT2D eigenvalue weighted by atomic mass is 19.3. The number of hydrogen-bond donors (Lipinski definition) is 2. The summed E-state index contributed by atoms with van der Waals surface area (Å²) in [6, 6.07) is 3.89. The molecule has 150 valence electrons. The van der Waals surface area contributed by atoms with Crippen molar-refractivity contribution in [1.82, 2.24) is 4.98 Å². The number of aromatic nitrogens is 1. The summed E-state index contributed by atoms with van der Waals surface area (Å²) in [6.45, 7) is 2.34. The summed E-state index contributed by atoms with van der Waals surface area (Å²) in [5.74, 6) is 0.551. The Labute approximate surface area is 158 Å². The van der Waals surface area contributed by atoms with Crippen molar-refractivity contribution in [3.05, 3.63) is 17.7 Å². The first-order valence-electron chi connectivity index (χ1n) is 9.59. The van der Waals surface area contributed by atoms with Crippen LogP contribution in [0.2, 0.25) is 0 Å². The molecule has 2 atom stereocenters. The fourth-order valence-corrected chi connectivity index (χ4v) is 5.34. The Hall–Kier alpha value is -1.51. The molecule has 0 unspecified atom stereocenters. The van der Waals surface area contributed by atoms with Gasteiger partial charge in [0.2, 0.25) is 5.88 Å². The first kappa shape index (κ1) is 18.8. The van der Waals surface area contributed by atoms with Crippen LogP contribution in [0.4, 0.5) is 14.6 Å². The zero-order chi connectivity index (χ0) is 19.4. The van der Waals surface area contributed by atoms with Gasteiger partial charge in [-0.05, 0) is 57.1 Å². The molecule has 8 heteroatoms. The molecule has 2 saturated carbocycles. The highest BCUT2D eigenvalue weighted by Gasteiger charge is 2.59. The lowest BCUT2D eigenvalue weighted by atomic mass is 9.46. The number of halogens is 2. The Bertz CT molecular complexity index is 693. The first-order valence-corrected chi connectivity index (χ1v) is 9.59. The van der Waals surface area contributed by atoms with Gasteiger partial charge in [0.05, 0.1) is 12.2 Å². The molecule has 2 aliphatic carbocycles. The molecule has 1 spiro atoms. The topological polar surface area (TPSA) is 86.6 Å². The Morgan fingerprint density at radius 2 is 1.85 bits per heavy atom. The summed E-state index contributed by atoms with van der Waals surface area (Å²) in [5.41, 5.74) is 12.5. The summed E-state index contributed by atoms with van der Waals surface area (Å²) in [5, 5.41) is 0. The van der Waals surface area contributed by atoms with Crippen molar-refractivity contribution >= 4 is 5.82 Å². The fraction of sp³-hybridized carbons (Fsp3) is 0.737. The number of morpholine rings is 1. The molecule has 1 saturated heterocycles. The largest absolute Gasteiger partial charge is 0.416 e. The molecule has 3 fully saturated rings. The van der Waals surface area contributed by atoms with Crippen molar-refractivity contribution in [2.24, 2.45) is 16.9 Å². The van der Waals surface area contributed by atoms with Gasteiger partial charge in [-0.3, -0.25) is 0 Å². The molecule has 2 heterocycles. The molecule has 3 aliphatic rings. The van der Waals surface area contributed by atoms with Crippen LogP contribution in [-0.4, -0.2) is 42.9 Å². The Kier molecular flexibility index (Phi) is 4.56. The molecule has 0 bridgehead atoms. The number of nitrogens with two attached hydrogens (primary N) is 2. The van der Waals surface area contributed by atoms with Gasteiger partial charge in [0.25, 0.3) is 0 Å². The van der Waals surface area contributed by atoms with E-state index in [9.17, 15) is 8.78 Å². The SMILES string of the molecule is C[C@@H]1CN(c2ccc(C3(N)CC4(CC(N)C4)C3)c(OC(F)F)n2)C[C@H](C)O1. The zero-order valence-electron chi connectivity index (χ0n) is 15.8. The van der Waals surface area contributed by atoms with E-state index in [0.29, 0.717) is 24.5 Å². The highest BCUT2D eigenvalue weighted by Crippen LogP contribution is 2.63. The van der Waals surface area contributed by atoms with Gasteiger partial charge in [0.15, 0.2) is 0 Å². The minimum atomic E-state index is -2.94. The molecule has 4 rings (SSSR count). The minimum absolute atomic E-state index is 0.0462. The van der Waals surface area contributed by atoms with Crippen LogP contribution >= 0.6 is 0 Å². The quantitative estimate of drug-likeness (QED) is 0.831. The van der Waals surface area contributed by atoms with Gasteiger partial charge in [-0.15, -0.1) is 0 Å². The third kappa shape index (κ3) is 3.50. The molecule has 1 aromatic rings. The Morgan fingerprint density at radius 1 is 1.22 bits per heavy atom. The Morgan fingerprint density at radius 3 is 2.41 bits per heavy atom. The normalized spacial score (nSPS) is 38.6. The van der Waals surface area contributed by atoms with E-state index in [4.69, 9.17) is 20.9 Å². The van der Waals surface area contributed by atoms with E-state index in [-0.39, 0.29) is 29.5 Å². The van der Waals surface area contributed by atoms with Gasteiger partial charge in [0, 0.05) is 30.2 Å². The lowest BCUT2D eigenvalue weighted by Crippen LogP contribution is -2.63. The summed E-state index contributed by atoms with van der Waals surface area (Å²) < 4.78 is 36.6. The maximum absolute atomic E-state index is 13.0. The number of alkyl halides is 2. The lowest BCUT2D eigenvalue weighted by molar-refractivity contribution is -0.0709. The minimum Gasteiger partial charge on any atom is -0.416 e. The average Bonchev–Trinajstić information content (AvgIpc) is 2.50. The van der Waals surface area contributed by atoms with Crippen LogP contribution in [0.3, 0.4) is 0 Å². The summed E-state index contributed by atoms with van der Waals surface area (Å²) in [6.07, 6.45) is 3.47. The van der Waals surface area contributed by atoms with Crippen LogP contribution in [0, 0.1) is 5.41 Å². The zero-order valence-corrected chi connectivity index (χ0v) is 15.8. The van der Waals surface area contributed by atoms with Crippen molar-refractivity contribution in [2.75, 3.05) is 18.0 Å². The maximum Gasteiger partial charge on any atom is 0.388 e. The van der Waals surface area contributed by atoms with Crippen molar-refractivity contribution in [2.45, 2.75) is 69.9 Å². The third-order valence-corrected chi connectivity index (χ3v) is 6.10. The summed E-state index contributed by atoms with van der Waals surface area (Å²) >= 11 is 0. The van der Waals surface area contributed by atoms with Gasteiger partial charge in [-0.1, -0.05) is 0 Å². The van der Waals surface area contributed by atoms with Gasteiger partial charge < -0.3 is 25.8 Å². The average molecular weight is 382 g/mol. The van der Waals surface area contributed by atoms with E-state index in [0.717, 1.165) is 25.7 Å². The smallest absolute Gasteiger partial charge is 0.388 e. The highest BCUT2D eigenvalue weighted by molar-refractivity contribution is 5.48.